The topological polar surface area (TPSA) is 143 Å². The van der Waals surface area contributed by atoms with E-state index < -0.39 is 17.8 Å². The molecule has 9 nitrogen and oxygen atoms in total. The van der Waals surface area contributed by atoms with Crippen LogP contribution in [-0.4, -0.2) is 33.8 Å². The number of anilines is 3. The number of pyridine rings is 1. The van der Waals surface area contributed by atoms with Gasteiger partial charge in [0.2, 0.25) is 12.3 Å². The number of hydrogen-bond acceptors (Lipinski definition) is 6. The summed E-state index contributed by atoms with van der Waals surface area (Å²) in [6.07, 6.45) is 6.13. The van der Waals surface area contributed by atoms with Crippen molar-refractivity contribution in [2.45, 2.75) is 39.2 Å². The molecule has 1 atom stereocenters. The maximum atomic E-state index is 16.5. The lowest BCUT2D eigenvalue weighted by Gasteiger charge is -2.25. The molecule has 0 radical (unpaired) electrons. The minimum atomic E-state index is -0.795. The van der Waals surface area contributed by atoms with Gasteiger partial charge in [-0.15, -0.1) is 0 Å². The van der Waals surface area contributed by atoms with Crippen LogP contribution < -0.4 is 21.7 Å². The van der Waals surface area contributed by atoms with Crippen LogP contribution in [0.4, 0.5) is 21.6 Å². The predicted molar refractivity (Wildman–Crippen MR) is 168 cm³/mol. The van der Waals surface area contributed by atoms with Crippen molar-refractivity contribution in [3.63, 3.8) is 0 Å². The summed E-state index contributed by atoms with van der Waals surface area (Å²) >= 11 is 0. The number of hydrogen-bond donors (Lipinski definition) is 4. The van der Waals surface area contributed by atoms with Crippen molar-refractivity contribution in [2.75, 3.05) is 22.5 Å². The average Bonchev–Trinajstić information content (AvgIpc) is 3.51. The predicted octanol–water partition coefficient (Wildman–Crippen LogP) is 5.97. The Hall–Kier alpha value is -5.25. The SMILES string of the molecule is CCCCN(C=O)c1cc(CC)cc(C(Nc2ccc3c(N)nccc3c2)c2ncc(-c3ccccc3C(N)=O)[nH]2)c1F. The number of nitrogen functional groups attached to an aromatic ring is 1. The fourth-order valence-corrected chi connectivity index (χ4v) is 5.18. The molecule has 0 fully saturated rings. The van der Waals surface area contributed by atoms with Crippen molar-refractivity contribution in [3.05, 3.63) is 101 Å². The highest BCUT2D eigenvalue weighted by Gasteiger charge is 2.26. The van der Waals surface area contributed by atoms with Crippen LogP contribution in [0.25, 0.3) is 22.0 Å². The molecule has 0 aliphatic heterocycles. The smallest absolute Gasteiger partial charge is 0.249 e. The van der Waals surface area contributed by atoms with E-state index in [2.05, 4.69) is 20.3 Å². The first kappa shape index (κ1) is 29.2. The Labute approximate surface area is 249 Å². The number of amides is 2. The molecule has 0 bridgehead atoms. The molecule has 5 rings (SSSR count). The molecule has 220 valence electrons. The van der Waals surface area contributed by atoms with Crippen molar-refractivity contribution in [2.24, 2.45) is 5.73 Å². The second-order valence-corrected chi connectivity index (χ2v) is 10.3. The Morgan fingerprint density at radius 3 is 2.67 bits per heavy atom. The van der Waals surface area contributed by atoms with Gasteiger partial charge >= 0.3 is 0 Å². The third kappa shape index (κ3) is 6.04. The Balaban J connectivity index is 1.66. The molecule has 3 aromatic carbocycles. The molecular weight excluding hydrogens is 545 g/mol. The molecule has 10 heteroatoms. The van der Waals surface area contributed by atoms with Gasteiger partial charge in [-0.1, -0.05) is 44.5 Å². The minimum absolute atomic E-state index is 0.216. The second-order valence-electron chi connectivity index (χ2n) is 10.3. The van der Waals surface area contributed by atoms with Gasteiger partial charge in [0.25, 0.3) is 0 Å². The number of nitrogens with one attached hydrogen (secondary N) is 2. The van der Waals surface area contributed by atoms with Gasteiger partial charge in [0, 0.05) is 40.5 Å². The van der Waals surface area contributed by atoms with E-state index in [9.17, 15) is 9.59 Å². The third-order valence-corrected chi connectivity index (χ3v) is 7.51. The highest BCUT2D eigenvalue weighted by atomic mass is 19.1. The molecule has 0 saturated heterocycles. The zero-order chi connectivity index (χ0) is 30.5. The zero-order valence-electron chi connectivity index (χ0n) is 24.1. The van der Waals surface area contributed by atoms with Crippen LogP contribution in [0.2, 0.25) is 0 Å². The Bertz CT molecular complexity index is 1780. The number of carbonyl (C=O) groups excluding carboxylic acids is 2. The molecule has 5 aromatic rings. The van der Waals surface area contributed by atoms with E-state index in [1.54, 1.807) is 48.8 Å². The Morgan fingerprint density at radius 2 is 1.93 bits per heavy atom. The number of rotatable bonds is 12. The van der Waals surface area contributed by atoms with E-state index in [1.165, 1.54) is 4.90 Å². The van der Waals surface area contributed by atoms with E-state index in [0.29, 0.717) is 59.1 Å². The molecule has 0 spiro atoms. The van der Waals surface area contributed by atoms with Crippen LogP contribution in [-0.2, 0) is 11.2 Å². The van der Waals surface area contributed by atoms with Gasteiger partial charge < -0.3 is 26.7 Å². The maximum Gasteiger partial charge on any atom is 0.249 e. The highest BCUT2D eigenvalue weighted by Crippen LogP contribution is 2.35. The second kappa shape index (κ2) is 12.7. The number of fused-ring (bicyclic) bond motifs is 1. The van der Waals surface area contributed by atoms with Crippen molar-refractivity contribution >= 4 is 40.3 Å². The number of imidazole rings is 1. The number of primary amides is 1. The lowest BCUT2D eigenvalue weighted by molar-refractivity contribution is -0.107. The number of H-pyrrole nitrogens is 1. The van der Waals surface area contributed by atoms with Crippen molar-refractivity contribution < 1.29 is 14.0 Å². The van der Waals surface area contributed by atoms with Gasteiger partial charge in [-0.2, -0.15) is 0 Å². The number of aromatic nitrogens is 3. The molecule has 2 amide bonds. The number of halogens is 1. The largest absolute Gasteiger partial charge is 0.383 e. The van der Waals surface area contributed by atoms with Crippen molar-refractivity contribution in [1.29, 1.82) is 0 Å². The number of aromatic amines is 1. The molecular formula is C33H34FN7O2. The number of carbonyl (C=O) groups is 2. The van der Waals surface area contributed by atoms with Gasteiger partial charge in [0.05, 0.1) is 17.6 Å². The van der Waals surface area contributed by atoms with Gasteiger partial charge in [0.1, 0.15) is 17.7 Å². The summed E-state index contributed by atoms with van der Waals surface area (Å²) in [7, 11) is 0. The number of aryl methyl sites for hydroxylation is 1. The van der Waals surface area contributed by atoms with E-state index >= 15 is 4.39 Å². The van der Waals surface area contributed by atoms with E-state index in [1.807, 2.05) is 38.1 Å². The highest BCUT2D eigenvalue weighted by molar-refractivity contribution is 5.99. The number of unbranched alkanes of at least 4 members (excludes halogenated alkanes) is 1. The standard InChI is InChI=1S/C33H34FN7O2/c1-3-5-14-41(19-42)28-16-20(4-2)15-26(29(28)34)30(39-22-10-11-23-21(17-22)12-13-37-31(23)35)33-38-18-27(40-33)24-8-6-7-9-25(24)32(36)43/h6-13,15-19,30,39H,3-5,14H2,1-2H3,(H2,35,37)(H2,36,43)(H,38,40). The molecule has 2 heterocycles. The Kier molecular flexibility index (Phi) is 8.66. The Morgan fingerprint density at radius 1 is 1.12 bits per heavy atom. The summed E-state index contributed by atoms with van der Waals surface area (Å²) in [6.45, 7) is 4.40. The number of benzene rings is 3. The van der Waals surface area contributed by atoms with Gasteiger partial charge in [-0.25, -0.2) is 14.4 Å². The normalized spacial score (nSPS) is 11.8. The molecule has 6 N–H and O–H groups in total. The van der Waals surface area contributed by atoms with Crippen molar-refractivity contribution in [1.82, 2.24) is 15.0 Å². The quantitative estimate of drug-likeness (QED) is 0.134. The lowest BCUT2D eigenvalue weighted by Crippen LogP contribution is -2.25. The third-order valence-electron chi connectivity index (χ3n) is 7.51. The van der Waals surface area contributed by atoms with Crippen LogP contribution in [0, 0.1) is 5.82 Å². The molecule has 0 aliphatic carbocycles. The monoisotopic (exact) mass is 579 g/mol. The summed E-state index contributed by atoms with van der Waals surface area (Å²) in [5.74, 6) is -0.272. The fourth-order valence-electron chi connectivity index (χ4n) is 5.18. The molecule has 2 aromatic heterocycles. The molecule has 43 heavy (non-hydrogen) atoms. The van der Waals surface area contributed by atoms with E-state index in [0.717, 1.165) is 29.2 Å². The fraction of sp³-hybridized carbons (Fsp3) is 0.212. The van der Waals surface area contributed by atoms with Gasteiger partial charge in [-0.3, -0.25) is 9.59 Å². The van der Waals surface area contributed by atoms with Crippen LogP contribution in [0.3, 0.4) is 0 Å². The van der Waals surface area contributed by atoms with Crippen LogP contribution >= 0.6 is 0 Å². The minimum Gasteiger partial charge on any atom is -0.383 e. The number of nitrogens with zero attached hydrogens (tertiary/aromatic N) is 3. The average molecular weight is 580 g/mol. The first-order valence-corrected chi connectivity index (χ1v) is 14.2. The summed E-state index contributed by atoms with van der Waals surface area (Å²) in [5.41, 5.74) is 15.3. The van der Waals surface area contributed by atoms with Crippen molar-refractivity contribution in [3.8, 4) is 11.3 Å². The van der Waals surface area contributed by atoms with Gasteiger partial charge in [-0.05, 0) is 60.2 Å². The van der Waals surface area contributed by atoms with E-state index in [-0.39, 0.29) is 5.69 Å². The molecule has 0 saturated carbocycles. The van der Waals surface area contributed by atoms with Crippen LogP contribution in [0.1, 0.15) is 60.0 Å². The molecule has 1 unspecified atom stereocenters. The lowest BCUT2D eigenvalue weighted by atomic mass is 9.98. The van der Waals surface area contributed by atoms with E-state index in [4.69, 9.17) is 11.5 Å². The molecule has 0 aliphatic rings. The summed E-state index contributed by atoms with van der Waals surface area (Å²) in [6, 6.07) is 17.1. The summed E-state index contributed by atoms with van der Waals surface area (Å²) in [5, 5.41) is 5.11. The van der Waals surface area contributed by atoms with Gasteiger partial charge in [0.15, 0.2) is 5.82 Å². The zero-order valence-corrected chi connectivity index (χ0v) is 24.1. The first-order chi connectivity index (χ1) is 20.8. The van der Waals surface area contributed by atoms with Crippen LogP contribution in [0.5, 0.6) is 0 Å². The van der Waals surface area contributed by atoms with Crippen LogP contribution in [0.15, 0.2) is 73.1 Å². The summed E-state index contributed by atoms with van der Waals surface area (Å²) < 4.78 is 16.5. The first-order valence-electron chi connectivity index (χ1n) is 14.2. The summed E-state index contributed by atoms with van der Waals surface area (Å²) in [4.78, 5) is 37.7. The number of nitrogens with two attached hydrogens (primary N) is 2. The maximum absolute atomic E-state index is 16.5.